The summed E-state index contributed by atoms with van der Waals surface area (Å²) in [5.41, 5.74) is 0.434. The summed E-state index contributed by atoms with van der Waals surface area (Å²) >= 11 is 5.31. The van der Waals surface area contributed by atoms with Gasteiger partial charge in [-0.1, -0.05) is 18.2 Å². The van der Waals surface area contributed by atoms with Crippen LogP contribution in [0.5, 0.6) is 5.75 Å². The first kappa shape index (κ1) is 21.2. The number of hydrogen-bond donors (Lipinski definition) is 1. The summed E-state index contributed by atoms with van der Waals surface area (Å²) in [7, 11) is 0. The van der Waals surface area contributed by atoms with Gasteiger partial charge in [0.2, 0.25) is 5.91 Å². The van der Waals surface area contributed by atoms with Gasteiger partial charge in [-0.25, -0.2) is 0 Å². The standard InChI is InChI=1S/C20H24F2N4O2S/c1-13(2)26-18(23-24-20(26)29)15-9-11-25(12-10-15)17(27)8-7-14-5-3-4-6-16(14)28-19(21)22/h3-8,13,15,19H,9-12H2,1-2H3,(H,24,29). The molecule has 156 valence electrons. The third-order valence-corrected chi connectivity index (χ3v) is 5.25. The van der Waals surface area contributed by atoms with E-state index in [1.54, 1.807) is 23.1 Å². The van der Waals surface area contributed by atoms with Gasteiger partial charge in [-0.2, -0.15) is 13.9 Å². The fourth-order valence-corrected chi connectivity index (χ4v) is 3.90. The molecule has 1 aromatic heterocycles. The van der Waals surface area contributed by atoms with E-state index in [9.17, 15) is 13.6 Å². The van der Waals surface area contributed by atoms with E-state index in [-0.39, 0.29) is 23.6 Å². The number of nitrogens with zero attached hydrogens (tertiary/aromatic N) is 3. The van der Waals surface area contributed by atoms with Gasteiger partial charge in [0.25, 0.3) is 0 Å². The highest BCUT2D eigenvalue weighted by Crippen LogP contribution is 2.29. The van der Waals surface area contributed by atoms with Gasteiger partial charge in [0, 0.05) is 36.7 Å². The van der Waals surface area contributed by atoms with Crippen LogP contribution in [0, 0.1) is 4.77 Å². The van der Waals surface area contributed by atoms with Crippen molar-refractivity contribution in [3.63, 3.8) is 0 Å². The number of alkyl halides is 2. The van der Waals surface area contributed by atoms with Crippen LogP contribution in [0.3, 0.4) is 0 Å². The molecule has 0 bridgehead atoms. The lowest BCUT2D eigenvalue weighted by Crippen LogP contribution is -2.37. The van der Waals surface area contributed by atoms with Crippen LogP contribution in [0.4, 0.5) is 8.78 Å². The predicted molar refractivity (Wildman–Crippen MR) is 108 cm³/mol. The number of hydrogen-bond acceptors (Lipinski definition) is 4. The summed E-state index contributed by atoms with van der Waals surface area (Å²) in [4.78, 5) is 14.3. The smallest absolute Gasteiger partial charge is 0.387 e. The molecule has 0 radical (unpaired) electrons. The van der Waals surface area contributed by atoms with E-state index < -0.39 is 6.61 Å². The Morgan fingerprint density at radius 1 is 1.31 bits per heavy atom. The number of para-hydroxylation sites is 1. The van der Waals surface area contributed by atoms with Crippen molar-refractivity contribution >= 4 is 24.2 Å². The van der Waals surface area contributed by atoms with E-state index in [0.29, 0.717) is 23.4 Å². The molecule has 2 heterocycles. The first-order valence-corrected chi connectivity index (χ1v) is 9.95. The molecule has 9 heteroatoms. The van der Waals surface area contributed by atoms with Gasteiger partial charge in [-0.3, -0.25) is 9.89 Å². The zero-order chi connectivity index (χ0) is 21.0. The van der Waals surface area contributed by atoms with Gasteiger partial charge in [0.1, 0.15) is 11.6 Å². The summed E-state index contributed by atoms with van der Waals surface area (Å²) in [5, 5.41) is 7.26. The van der Waals surface area contributed by atoms with E-state index in [2.05, 4.69) is 28.8 Å². The number of aromatic nitrogens is 3. The van der Waals surface area contributed by atoms with Crippen molar-refractivity contribution in [1.29, 1.82) is 0 Å². The van der Waals surface area contributed by atoms with Crippen molar-refractivity contribution in [1.82, 2.24) is 19.7 Å². The quantitative estimate of drug-likeness (QED) is 0.548. The maximum Gasteiger partial charge on any atom is 0.387 e. The molecule has 0 saturated carbocycles. The number of aromatic amines is 1. The first-order chi connectivity index (χ1) is 13.9. The molecule has 1 N–H and O–H groups in total. The number of ether oxygens (including phenoxy) is 1. The lowest BCUT2D eigenvalue weighted by Gasteiger charge is -2.31. The van der Waals surface area contributed by atoms with Crippen LogP contribution in [0.1, 0.15) is 50.0 Å². The van der Waals surface area contributed by atoms with Crippen LogP contribution in [-0.4, -0.2) is 45.3 Å². The number of carbonyl (C=O) groups is 1. The van der Waals surface area contributed by atoms with Crippen molar-refractivity contribution in [2.24, 2.45) is 0 Å². The Labute approximate surface area is 173 Å². The Bertz CT molecular complexity index is 931. The number of benzene rings is 1. The van der Waals surface area contributed by atoms with Crippen LogP contribution < -0.4 is 4.74 Å². The van der Waals surface area contributed by atoms with Crippen molar-refractivity contribution in [2.45, 2.75) is 45.3 Å². The van der Waals surface area contributed by atoms with Gasteiger partial charge in [0.05, 0.1) is 0 Å². The molecule has 1 aromatic carbocycles. The number of carbonyl (C=O) groups excluding carboxylic acids is 1. The second-order valence-electron chi connectivity index (χ2n) is 7.20. The third-order valence-electron chi connectivity index (χ3n) is 4.96. The van der Waals surface area contributed by atoms with Gasteiger partial charge in [0.15, 0.2) is 4.77 Å². The van der Waals surface area contributed by atoms with Gasteiger partial charge in [-0.05, 0) is 51.0 Å². The van der Waals surface area contributed by atoms with Crippen LogP contribution >= 0.6 is 12.2 Å². The number of nitrogens with one attached hydrogen (secondary N) is 1. The molecule has 0 spiro atoms. The first-order valence-electron chi connectivity index (χ1n) is 9.54. The van der Waals surface area contributed by atoms with Gasteiger partial charge in [-0.15, -0.1) is 0 Å². The van der Waals surface area contributed by atoms with Crippen LogP contribution in [0.15, 0.2) is 30.3 Å². The molecular weight excluding hydrogens is 398 g/mol. The highest BCUT2D eigenvalue weighted by molar-refractivity contribution is 7.71. The second-order valence-corrected chi connectivity index (χ2v) is 7.59. The van der Waals surface area contributed by atoms with Crippen molar-refractivity contribution in [3.05, 3.63) is 46.5 Å². The molecule has 3 rings (SSSR count). The minimum Gasteiger partial charge on any atom is -0.434 e. The van der Waals surface area contributed by atoms with Crippen molar-refractivity contribution in [3.8, 4) is 5.75 Å². The van der Waals surface area contributed by atoms with Crippen molar-refractivity contribution in [2.75, 3.05) is 13.1 Å². The zero-order valence-corrected chi connectivity index (χ0v) is 17.2. The van der Waals surface area contributed by atoms with Crippen molar-refractivity contribution < 1.29 is 18.3 Å². The maximum atomic E-state index is 12.5. The lowest BCUT2D eigenvalue weighted by molar-refractivity contribution is -0.127. The highest BCUT2D eigenvalue weighted by atomic mass is 32.1. The molecule has 2 aromatic rings. The summed E-state index contributed by atoms with van der Waals surface area (Å²) in [6.07, 6.45) is 4.49. The maximum absolute atomic E-state index is 12.5. The van der Waals surface area contributed by atoms with Gasteiger partial charge >= 0.3 is 6.61 Å². The Morgan fingerprint density at radius 2 is 2.00 bits per heavy atom. The minimum atomic E-state index is -2.91. The normalized spacial score (nSPS) is 15.6. The minimum absolute atomic E-state index is 0.0433. The molecule has 0 unspecified atom stereocenters. The Hall–Kier alpha value is -2.55. The van der Waals surface area contributed by atoms with E-state index in [1.807, 2.05) is 4.57 Å². The monoisotopic (exact) mass is 422 g/mol. The largest absolute Gasteiger partial charge is 0.434 e. The number of rotatable bonds is 6. The molecule has 1 saturated heterocycles. The molecule has 0 atom stereocenters. The average Bonchev–Trinajstić information content (AvgIpc) is 3.08. The summed E-state index contributed by atoms with van der Waals surface area (Å²) < 4.78 is 32.1. The Balaban J connectivity index is 1.63. The average molecular weight is 423 g/mol. The highest BCUT2D eigenvalue weighted by Gasteiger charge is 2.27. The van der Waals surface area contributed by atoms with E-state index >= 15 is 0 Å². The topological polar surface area (TPSA) is 63.1 Å². The summed E-state index contributed by atoms with van der Waals surface area (Å²) in [6, 6.07) is 6.60. The molecular formula is C20H24F2N4O2S. The summed E-state index contributed by atoms with van der Waals surface area (Å²) in [6.45, 7) is 2.41. The van der Waals surface area contributed by atoms with E-state index in [4.69, 9.17) is 12.2 Å². The lowest BCUT2D eigenvalue weighted by atomic mass is 9.95. The molecule has 1 aliphatic heterocycles. The van der Waals surface area contributed by atoms with Crippen LogP contribution in [0.2, 0.25) is 0 Å². The van der Waals surface area contributed by atoms with Crippen LogP contribution in [0.25, 0.3) is 6.08 Å². The SMILES string of the molecule is CC(C)n1c(C2CCN(C(=O)C=Cc3ccccc3OC(F)F)CC2)n[nH]c1=S. The molecule has 6 nitrogen and oxygen atoms in total. The number of amides is 1. The Kier molecular flexibility index (Phi) is 6.79. The fourth-order valence-electron chi connectivity index (χ4n) is 3.55. The molecule has 29 heavy (non-hydrogen) atoms. The predicted octanol–water partition coefficient (Wildman–Crippen LogP) is 4.54. The molecule has 1 aliphatic rings. The third kappa shape index (κ3) is 5.09. The summed E-state index contributed by atoms with van der Waals surface area (Å²) in [5.74, 6) is 1.06. The Morgan fingerprint density at radius 3 is 2.66 bits per heavy atom. The van der Waals surface area contributed by atoms with Crippen LogP contribution in [-0.2, 0) is 4.79 Å². The number of H-pyrrole nitrogens is 1. The molecule has 1 amide bonds. The fraction of sp³-hybridized carbons (Fsp3) is 0.450. The zero-order valence-electron chi connectivity index (χ0n) is 16.3. The second kappa shape index (κ2) is 9.30. The molecule has 1 fully saturated rings. The van der Waals surface area contributed by atoms with Gasteiger partial charge < -0.3 is 14.2 Å². The molecule has 0 aliphatic carbocycles. The number of halogens is 2. The van der Waals surface area contributed by atoms with E-state index in [1.165, 1.54) is 18.2 Å². The van der Waals surface area contributed by atoms with E-state index in [0.717, 1.165) is 18.7 Å². The number of piperidine rings is 1. The number of likely N-dealkylation sites (tertiary alicyclic amines) is 1.